The van der Waals surface area contributed by atoms with Gasteiger partial charge in [0.05, 0.1) is 32.8 Å². The summed E-state index contributed by atoms with van der Waals surface area (Å²) < 4.78 is 7.43. The van der Waals surface area contributed by atoms with Crippen LogP contribution in [-0.2, 0) is 9.53 Å². The van der Waals surface area contributed by atoms with Gasteiger partial charge in [-0.3, -0.25) is 19.2 Å². The van der Waals surface area contributed by atoms with Crippen LogP contribution in [0.3, 0.4) is 0 Å². The molecule has 2 saturated heterocycles. The Hall–Kier alpha value is -2.26. The molecule has 9 nitrogen and oxygen atoms in total. The first kappa shape index (κ1) is 18.5. The second-order valence-electron chi connectivity index (χ2n) is 6.74. The maximum atomic E-state index is 12.8. The van der Waals surface area contributed by atoms with Crippen molar-refractivity contribution in [2.75, 3.05) is 46.9 Å². The van der Waals surface area contributed by atoms with E-state index in [1.165, 1.54) is 11.9 Å². The lowest BCUT2D eigenvalue weighted by molar-refractivity contribution is -0.511. The largest absolute Gasteiger partial charge is 0.392 e. The molecule has 2 atom stereocenters. The van der Waals surface area contributed by atoms with E-state index in [0.29, 0.717) is 18.4 Å². The predicted molar refractivity (Wildman–Crippen MR) is 95.1 cm³/mol. The van der Waals surface area contributed by atoms with Gasteiger partial charge in [-0.25, -0.2) is 9.69 Å². The average Bonchev–Trinajstić information content (AvgIpc) is 3.26. The van der Waals surface area contributed by atoms with Gasteiger partial charge in [0.2, 0.25) is 11.9 Å². The van der Waals surface area contributed by atoms with Crippen molar-refractivity contribution in [3.05, 3.63) is 12.7 Å². The van der Waals surface area contributed by atoms with Gasteiger partial charge in [-0.1, -0.05) is 11.1 Å². The highest BCUT2D eigenvalue weighted by molar-refractivity contribution is 6.25. The van der Waals surface area contributed by atoms with Crippen LogP contribution in [0.4, 0.5) is 4.79 Å². The molecule has 9 heteroatoms. The van der Waals surface area contributed by atoms with Crippen LogP contribution in [0.5, 0.6) is 0 Å². The Balaban J connectivity index is 1.89. The van der Waals surface area contributed by atoms with E-state index < -0.39 is 18.2 Å². The Kier molecular flexibility index (Phi) is 5.38. The van der Waals surface area contributed by atoms with Crippen molar-refractivity contribution in [3.8, 4) is 0 Å². The first-order valence-electron chi connectivity index (χ1n) is 8.84. The van der Waals surface area contributed by atoms with E-state index in [2.05, 4.69) is 16.1 Å². The molecule has 3 aliphatic heterocycles. The Morgan fingerprint density at radius 3 is 2.69 bits per heavy atom. The number of nitrogens with zero attached hydrogens (tertiary/aromatic N) is 5. The Morgan fingerprint density at radius 2 is 2.04 bits per heavy atom. The summed E-state index contributed by atoms with van der Waals surface area (Å²) in [6.07, 6.45) is 2.94. The molecule has 3 amide bonds. The second kappa shape index (κ2) is 7.55. The monoisotopic (exact) mass is 364 g/mol. The highest BCUT2D eigenvalue weighted by Crippen LogP contribution is 2.24. The van der Waals surface area contributed by atoms with Crippen molar-refractivity contribution in [3.63, 3.8) is 0 Å². The highest BCUT2D eigenvalue weighted by Gasteiger charge is 2.55. The predicted octanol–water partition coefficient (Wildman–Crippen LogP) is -0.681. The number of amidine groups is 1. The number of rotatable bonds is 6. The van der Waals surface area contributed by atoms with Crippen molar-refractivity contribution in [2.24, 2.45) is 4.99 Å². The van der Waals surface area contributed by atoms with Crippen LogP contribution in [-0.4, -0.2) is 107 Å². The van der Waals surface area contributed by atoms with Gasteiger partial charge in [-0.05, 0) is 12.8 Å². The number of guanidine groups is 1. The number of aliphatic imine (C=N–C) groups is 1. The van der Waals surface area contributed by atoms with E-state index in [1.54, 1.807) is 18.0 Å². The first-order valence-corrected chi connectivity index (χ1v) is 8.84. The van der Waals surface area contributed by atoms with Gasteiger partial charge in [0.25, 0.3) is 5.91 Å². The quantitative estimate of drug-likeness (QED) is 0.383. The number of fused-ring (bicyclic) bond motifs is 1. The van der Waals surface area contributed by atoms with Gasteiger partial charge < -0.3 is 9.84 Å². The minimum atomic E-state index is -0.789. The SMILES string of the molecule is C=CCOCC(O)CN1C(=[N+]2CCCC2)N=C2C1C(=O)N(C)C(=O)N2C. The molecule has 26 heavy (non-hydrogen) atoms. The maximum Gasteiger partial charge on any atom is 0.392 e. The fourth-order valence-electron chi connectivity index (χ4n) is 3.51. The number of urea groups is 1. The number of ether oxygens (including phenoxy) is 1. The second-order valence-corrected chi connectivity index (χ2v) is 6.74. The minimum absolute atomic E-state index is 0.136. The zero-order chi connectivity index (χ0) is 18.8. The van der Waals surface area contributed by atoms with Gasteiger partial charge in [-0.2, -0.15) is 0 Å². The lowest BCUT2D eigenvalue weighted by atomic mass is 10.1. The Labute approximate surface area is 152 Å². The molecule has 0 aromatic rings. The van der Waals surface area contributed by atoms with Crippen LogP contribution in [0.2, 0.25) is 0 Å². The molecule has 0 aliphatic carbocycles. The number of carbonyl (C=O) groups excluding carboxylic acids is 2. The zero-order valence-electron chi connectivity index (χ0n) is 15.3. The lowest BCUT2D eigenvalue weighted by Crippen LogP contribution is -2.63. The summed E-state index contributed by atoms with van der Waals surface area (Å²) in [7, 11) is 3.08. The van der Waals surface area contributed by atoms with Gasteiger partial charge >= 0.3 is 12.0 Å². The fraction of sp³-hybridized carbons (Fsp3) is 0.647. The number of aliphatic hydroxyl groups is 1. The molecule has 0 saturated carbocycles. The van der Waals surface area contributed by atoms with E-state index in [0.717, 1.165) is 30.8 Å². The van der Waals surface area contributed by atoms with E-state index in [1.807, 2.05) is 0 Å². The number of likely N-dealkylation sites (N-methyl/N-ethyl adjacent to an activating group) is 2. The molecule has 2 unspecified atom stereocenters. The van der Waals surface area contributed by atoms with Gasteiger partial charge in [0, 0.05) is 14.1 Å². The Morgan fingerprint density at radius 1 is 1.35 bits per heavy atom. The number of hydrogen-bond donors (Lipinski definition) is 1. The summed E-state index contributed by atoms with van der Waals surface area (Å²) in [5, 5.41) is 10.4. The van der Waals surface area contributed by atoms with E-state index in [9.17, 15) is 14.7 Å². The number of imide groups is 1. The molecule has 142 valence electrons. The summed E-state index contributed by atoms with van der Waals surface area (Å²) in [4.78, 5) is 33.9. The molecule has 1 N–H and O–H groups in total. The Bertz CT molecular complexity index is 666. The molecule has 3 aliphatic rings. The van der Waals surface area contributed by atoms with Crippen LogP contribution in [0.1, 0.15) is 12.8 Å². The topological polar surface area (TPSA) is 88.7 Å². The van der Waals surface area contributed by atoms with Crippen LogP contribution in [0, 0.1) is 0 Å². The average molecular weight is 364 g/mol. The molecule has 3 heterocycles. The van der Waals surface area contributed by atoms with Crippen LogP contribution in [0.15, 0.2) is 17.6 Å². The number of amides is 3. The van der Waals surface area contributed by atoms with Gasteiger partial charge in [0.1, 0.15) is 6.10 Å². The maximum absolute atomic E-state index is 12.8. The summed E-state index contributed by atoms with van der Waals surface area (Å²) in [5.41, 5.74) is 0. The van der Waals surface area contributed by atoms with Crippen molar-refractivity contribution in [1.82, 2.24) is 14.7 Å². The van der Waals surface area contributed by atoms with Crippen LogP contribution < -0.4 is 0 Å². The molecular formula is C17H26N5O4+. The fourth-order valence-corrected chi connectivity index (χ4v) is 3.51. The summed E-state index contributed by atoms with van der Waals surface area (Å²) >= 11 is 0. The number of hydrogen-bond acceptors (Lipinski definition) is 4. The highest BCUT2D eigenvalue weighted by atomic mass is 16.5. The molecule has 0 aromatic carbocycles. The van der Waals surface area contributed by atoms with Gasteiger partial charge in [0.15, 0.2) is 0 Å². The molecule has 3 rings (SSSR count). The lowest BCUT2D eigenvalue weighted by Gasteiger charge is -2.33. The number of aliphatic hydroxyl groups excluding tert-OH is 1. The first-order chi connectivity index (χ1) is 12.5. The molecular weight excluding hydrogens is 338 g/mol. The smallest absolute Gasteiger partial charge is 0.387 e. The molecule has 0 spiro atoms. The summed E-state index contributed by atoms with van der Waals surface area (Å²) in [6.45, 7) is 5.96. The third-order valence-corrected chi connectivity index (χ3v) is 4.85. The molecule has 0 radical (unpaired) electrons. The van der Waals surface area contributed by atoms with Crippen molar-refractivity contribution >= 4 is 23.7 Å². The zero-order valence-corrected chi connectivity index (χ0v) is 15.3. The number of carbonyl (C=O) groups is 2. The van der Waals surface area contributed by atoms with Crippen molar-refractivity contribution in [2.45, 2.75) is 25.0 Å². The standard InChI is InChI=1S/C17H26N5O4/c1-4-9-26-11-12(23)10-22-13-14(18-16(22)21-7-5-6-8-21)19(2)17(25)20(3)15(13)24/h4,12-13,23H,1,5-11H2,2-3H3/q+1. The van der Waals surface area contributed by atoms with Crippen LogP contribution >= 0.6 is 0 Å². The van der Waals surface area contributed by atoms with Crippen LogP contribution in [0.25, 0.3) is 0 Å². The summed E-state index contributed by atoms with van der Waals surface area (Å²) in [6, 6.07) is -1.10. The molecule has 0 bridgehead atoms. The van der Waals surface area contributed by atoms with Crippen molar-refractivity contribution in [1.29, 1.82) is 0 Å². The van der Waals surface area contributed by atoms with Gasteiger partial charge in [-0.15, -0.1) is 6.58 Å². The van der Waals surface area contributed by atoms with E-state index >= 15 is 0 Å². The van der Waals surface area contributed by atoms with E-state index in [-0.39, 0.29) is 19.1 Å². The van der Waals surface area contributed by atoms with Crippen molar-refractivity contribution < 1.29 is 24.0 Å². The third-order valence-electron chi connectivity index (χ3n) is 4.85. The van der Waals surface area contributed by atoms with E-state index in [4.69, 9.17) is 4.74 Å². The summed E-state index contributed by atoms with van der Waals surface area (Å²) in [5.74, 6) is 0.730. The molecule has 0 aromatic heterocycles. The third kappa shape index (κ3) is 3.24. The normalized spacial score (nSPS) is 24.3. The molecule has 2 fully saturated rings. The minimum Gasteiger partial charge on any atom is -0.387 e. The number of β-amino-alcohol motifs (C(OH)–C–C–N with tert-alkyl or cyclic N) is 1.